The Morgan fingerprint density at radius 1 is 1.24 bits per heavy atom. The maximum atomic E-state index is 11.8. The minimum absolute atomic E-state index is 0.112. The van der Waals surface area contributed by atoms with Crippen LogP contribution in [0, 0.1) is 0 Å². The number of carbonyl (C=O) groups is 1. The van der Waals surface area contributed by atoms with E-state index in [1.165, 1.54) is 11.3 Å². The molecule has 1 heterocycles. The van der Waals surface area contributed by atoms with Crippen molar-refractivity contribution in [2.75, 3.05) is 5.32 Å². The number of rotatable bonds is 5. The second-order valence-corrected chi connectivity index (χ2v) is 6.62. The van der Waals surface area contributed by atoms with Crippen LogP contribution >= 0.6 is 22.9 Å². The summed E-state index contributed by atoms with van der Waals surface area (Å²) in [7, 11) is 0. The summed E-state index contributed by atoms with van der Waals surface area (Å²) in [6.45, 7) is 5.74. The largest absolute Gasteiger partial charge is 0.459 e. The molecule has 0 radical (unpaired) electrons. The highest BCUT2D eigenvalue weighted by atomic mass is 35.5. The molecular weight excluding hydrogens is 306 g/mol. The van der Waals surface area contributed by atoms with Crippen LogP contribution in [-0.2, 0) is 4.74 Å². The Balaban J connectivity index is 2.00. The van der Waals surface area contributed by atoms with Crippen molar-refractivity contribution in [3.63, 3.8) is 0 Å². The van der Waals surface area contributed by atoms with Gasteiger partial charge in [-0.3, -0.25) is 0 Å². The van der Waals surface area contributed by atoms with E-state index in [1.54, 1.807) is 12.1 Å². The summed E-state index contributed by atoms with van der Waals surface area (Å²) in [5.41, 5.74) is 2.65. The minimum Gasteiger partial charge on any atom is -0.459 e. The Hall–Kier alpha value is -1.52. The van der Waals surface area contributed by atoms with Crippen LogP contribution in [0.4, 0.5) is 5.69 Å². The highest BCUT2D eigenvalue weighted by Gasteiger charge is 2.10. The Bertz CT molecular complexity index is 607. The quantitative estimate of drug-likeness (QED) is 0.774. The molecule has 1 aromatic heterocycles. The van der Waals surface area contributed by atoms with Gasteiger partial charge in [0, 0.05) is 11.7 Å². The lowest BCUT2D eigenvalue weighted by Crippen LogP contribution is -2.11. The molecule has 2 aromatic rings. The monoisotopic (exact) mass is 323 g/mol. The number of thiophene rings is 1. The third kappa shape index (κ3) is 4.48. The first kappa shape index (κ1) is 15.9. The topological polar surface area (TPSA) is 38.3 Å². The minimum atomic E-state index is -0.297. The molecule has 5 heteroatoms. The Kier molecular flexibility index (Phi) is 5.26. The number of esters is 1. The van der Waals surface area contributed by atoms with Gasteiger partial charge < -0.3 is 10.1 Å². The highest BCUT2D eigenvalue weighted by Crippen LogP contribution is 2.27. The number of anilines is 1. The van der Waals surface area contributed by atoms with Crippen molar-refractivity contribution in [3.8, 4) is 0 Å². The van der Waals surface area contributed by atoms with Crippen LogP contribution in [0.3, 0.4) is 0 Å². The molecule has 0 aliphatic rings. The fourth-order valence-corrected chi connectivity index (χ4v) is 2.85. The van der Waals surface area contributed by atoms with Gasteiger partial charge in [0.1, 0.15) is 0 Å². The number of halogens is 1. The summed E-state index contributed by atoms with van der Waals surface area (Å²) in [5, 5.41) is 5.41. The molecule has 1 aromatic carbocycles. The summed E-state index contributed by atoms with van der Waals surface area (Å²) in [6, 6.07) is 9.39. The van der Waals surface area contributed by atoms with Crippen LogP contribution in [0.25, 0.3) is 0 Å². The van der Waals surface area contributed by atoms with E-state index in [2.05, 4.69) is 12.2 Å². The lowest BCUT2D eigenvalue weighted by atomic mass is 10.1. The maximum absolute atomic E-state index is 11.8. The van der Waals surface area contributed by atoms with Crippen LogP contribution in [0.15, 0.2) is 35.7 Å². The van der Waals surface area contributed by atoms with Gasteiger partial charge >= 0.3 is 5.97 Å². The predicted molar refractivity (Wildman–Crippen MR) is 88.4 cm³/mol. The van der Waals surface area contributed by atoms with E-state index < -0.39 is 0 Å². The number of benzene rings is 1. The molecule has 0 saturated carbocycles. The molecule has 112 valence electrons. The summed E-state index contributed by atoms with van der Waals surface area (Å²) in [6.07, 6.45) is -0.112. The van der Waals surface area contributed by atoms with E-state index in [0.717, 1.165) is 15.6 Å². The number of hydrogen-bond donors (Lipinski definition) is 1. The zero-order chi connectivity index (χ0) is 15.4. The van der Waals surface area contributed by atoms with Gasteiger partial charge in [-0.25, -0.2) is 4.79 Å². The smallest absolute Gasteiger partial charge is 0.338 e. The van der Waals surface area contributed by atoms with Crippen molar-refractivity contribution in [1.82, 2.24) is 0 Å². The molecule has 0 spiro atoms. The van der Waals surface area contributed by atoms with Gasteiger partial charge in [0.15, 0.2) is 0 Å². The molecule has 2 rings (SSSR count). The molecule has 21 heavy (non-hydrogen) atoms. The van der Waals surface area contributed by atoms with E-state index in [0.29, 0.717) is 5.56 Å². The van der Waals surface area contributed by atoms with E-state index >= 15 is 0 Å². The number of ether oxygens (including phenoxy) is 1. The van der Waals surface area contributed by atoms with Gasteiger partial charge in [0.2, 0.25) is 0 Å². The molecule has 3 nitrogen and oxygen atoms in total. The summed E-state index contributed by atoms with van der Waals surface area (Å²) < 4.78 is 5.94. The normalized spacial score (nSPS) is 12.2. The Labute approximate surface area is 133 Å². The Morgan fingerprint density at radius 2 is 1.90 bits per heavy atom. The van der Waals surface area contributed by atoms with Gasteiger partial charge in [-0.15, -0.1) is 11.3 Å². The predicted octanol–water partition coefficient (Wildman–Crippen LogP) is 5.14. The van der Waals surface area contributed by atoms with Gasteiger partial charge in [-0.2, -0.15) is 0 Å². The first-order valence-corrected chi connectivity index (χ1v) is 8.03. The number of nitrogens with one attached hydrogen (secondary N) is 1. The molecule has 1 unspecified atom stereocenters. The lowest BCUT2D eigenvalue weighted by molar-refractivity contribution is 0.0378. The zero-order valence-electron chi connectivity index (χ0n) is 12.2. The van der Waals surface area contributed by atoms with Crippen molar-refractivity contribution in [3.05, 3.63) is 51.2 Å². The maximum Gasteiger partial charge on any atom is 0.338 e. The first-order valence-electron chi connectivity index (χ1n) is 6.77. The number of hydrogen-bond acceptors (Lipinski definition) is 4. The summed E-state index contributed by atoms with van der Waals surface area (Å²) in [4.78, 5) is 11.8. The van der Waals surface area contributed by atoms with Crippen molar-refractivity contribution in [1.29, 1.82) is 0 Å². The third-order valence-electron chi connectivity index (χ3n) is 2.93. The highest BCUT2D eigenvalue weighted by molar-refractivity contribution is 7.14. The fourth-order valence-electron chi connectivity index (χ4n) is 1.87. The molecule has 1 N–H and O–H groups in total. The second kappa shape index (κ2) is 6.96. The fraction of sp³-hybridized carbons (Fsp3) is 0.312. The Morgan fingerprint density at radius 3 is 2.43 bits per heavy atom. The van der Waals surface area contributed by atoms with Gasteiger partial charge in [0.25, 0.3) is 0 Å². The van der Waals surface area contributed by atoms with Crippen LogP contribution in [0.5, 0.6) is 0 Å². The third-order valence-corrected chi connectivity index (χ3v) is 4.04. The van der Waals surface area contributed by atoms with Crippen LogP contribution in [0.1, 0.15) is 42.7 Å². The van der Waals surface area contributed by atoms with Crippen molar-refractivity contribution < 1.29 is 9.53 Å². The molecule has 0 aliphatic carbocycles. The molecule has 0 fully saturated rings. The standard InChI is InChI=1S/C16H18ClNO2S/c1-10(2)20-16(19)12-4-6-14(7-5-12)18-11(3)13-8-15(17)21-9-13/h4-11,18H,1-3H3. The van der Waals surface area contributed by atoms with E-state index in [-0.39, 0.29) is 18.1 Å². The lowest BCUT2D eigenvalue weighted by Gasteiger charge is -2.14. The van der Waals surface area contributed by atoms with Crippen LogP contribution in [0.2, 0.25) is 4.34 Å². The van der Waals surface area contributed by atoms with Gasteiger partial charge in [-0.1, -0.05) is 11.6 Å². The second-order valence-electron chi connectivity index (χ2n) is 5.08. The van der Waals surface area contributed by atoms with Gasteiger partial charge in [-0.05, 0) is 62.0 Å². The summed E-state index contributed by atoms with van der Waals surface area (Å²) >= 11 is 7.46. The van der Waals surface area contributed by atoms with Crippen LogP contribution < -0.4 is 5.32 Å². The van der Waals surface area contributed by atoms with Crippen LogP contribution in [-0.4, -0.2) is 12.1 Å². The van der Waals surface area contributed by atoms with E-state index in [1.807, 2.05) is 37.4 Å². The zero-order valence-corrected chi connectivity index (χ0v) is 13.8. The molecule has 0 bridgehead atoms. The van der Waals surface area contributed by atoms with Gasteiger partial charge in [0.05, 0.1) is 16.0 Å². The van der Waals surface area contributed by atoms with Crippen molar-refractivity contribution >= 4 is 34.6 Å². The van der Waals surface area contributed by atoms with E-state index in [4.69, 9.17) is 16.3 Å². The molecular formula is C16H18ClNO2S. The molecule has 0 amide bonds. The molecule has 0 saturated heterocycles. The number of carbonyl (C=O) groups excluding carboxylic acids is 1. The van der Waals surface area contributed by atoms with E-state index in [9.17, 15) is 4.79 Å². The average Bonchev–Trinajstić information content (AvgIpc) is 2.85. The first-order chi connectivity index (χ1) is 9.95. The van der Waals surface area contributed by atoms with Crippen molar-refractivity contribution in [2.45, 2.75) is 32.9 Å². The van der Waals surface area contributed by atoms with Crippen molar-refractivity contribution in [2.24, 2.45) is 0 Å². The average molecular weight is 324 g/mol. The SMILES string of the molecule is CC(C)OC(=O)c1ccc(NC(C)c2csc(Cl)c2)cc1. The summed E-state index contributed by atoms with van der Waals surface area (Å²) in [5.74, 6) is -0.297. The molecule has 0 aliphatic heterocycles. The molecule has 1 atom stereocenters.